The standard InChI is InChI=1S/C16H20O2/c1-11(2)15(17)18-16(12(3)4)9-13-7-5-6-8-14(13)10-16/h5-8,12H,1,9-10H2,2-4H3. The van der Waals surface area contributed by atoms with E-state index in [2.05, 4.69) is 32.6 Å². The summed E-state index contributed by atoms with van der Waals surface area (Å²) in [4.78, 5) is 11.8. The molecule has 0 saturated heterocycles. The van der Waals surface area contributed by atoms with E-state index in [1.54, 1.807) is 6.92 Å². The molecular weight excluding hydrogens is 224 g/mol. The largest absolute Gasteiger partial charge is 0.455 e. The van der Waals surface area contributed by atoms with E-state index in [0.717, 1.165) is 12.8 Å². The first kappa shape index (κ1) is 12.9. The number of carbonyl (C=O) groups is 1. The van der Waals surface area contributed by atoms with E-state index in [-0.39, 0.29) is 11.9 Å². The van der Waals surface area contributed by atoms with Crippen molar-refractivity contribution in [1.29, 1.82) is 0 Å². The summed E-state index contributed by atoms with van der Waals surface area (Å²) in [6.07, 6.45) is 1.61. The molecule has 0 spiro atoms. The van der Waals surface area contributed by atoms with Gasteiger partial charge in [-0.3, -0.25) is 0 Å². The first-order valence-corrected chi connectivity index (χ1v) is 6.40. The highest BCUT2D eigenvalue weighted by atomic mass is 16.6. The lowest BCUT2D eigenvalue weighted by atomic mass is 9.87. The van der Waals surface area contributed by atoms with Gasteiger partial charge < -0.3 is 4.74 Å². The third-order valence-corrected chi connectivity index (χ3v) is 3.79. The zero-order valence-corrected chi connectivity index (χ0v) is 11.3. The number of fused-ring (bicyclic) bond motifs is 1. The summed E-state index contributed by atoms with van der Waals surface area (Å²) < 4.78 is 5.77. The number of esters is 1. The molecule has 2 rings (SSSR count). The fourth-order valence-corrected chi connectivity index (χ4v) is 2.48. The monoisotopic (exact) mass is 244 g/mol. The van der Waals surface area contributed by atoms with Gasteiger partial charge in [-0.1, -0.05) is 44.7 Å². The van der Waals surface area contributed by atoms with Crippen LogP contribution in [0.1, 0.15) is 31.9 Å². The molecule has 96 valence electrons. The van der Waals surface area contributed by atoms with Crippen LogP contribution in [0.15, 0.2) is 36.4 Å². The summed E-state index contributed by atoms with van der Waals surface area (Å²) in [5.74, 6) is 0.00436. The summed E-state index contributed by atoms with van der Waals surface area (Å²) in [7, 11) is 0. The van der Waals surface area contributed by atoms with Crippen molar-refractivity contribution >= 4 is 5.97 Å². The van der Waals surface area contributed by atoms with Crippen LogP contribution in [-0.2, 0) is 22.4 Å². The second kappa shape index (κ2) is 4.60. The molecule has 1 aromatic carbocycles. The van der Waals surface area contributed by atoms with Gasteiger partial charge in [0.15, 0.2) is 0 Å². The maximum atomic E-state index is 11.8. The highest BCUT2D eigenvalue weighted by Crippen LogP contribution is 2.38. The molecular formula is C16H20O2. The lowest BCUT2D eigenvalue weighted by molar-refractivity contribution is -0.158. The van der Waals surface area contributed by atoms with Crippen LogP contribution in [0.25, 0.3) is 0 Å². The molecule has 18 heavy (non-hydrogen) atoms. The molecule has 0 fully saturated rings. The molecule has 1 aliphatic carbocycles. The molecule has 0 aliphatic heterocycles. The Balaban J connectivity index is 2.27. The van der Waals surface area contributed by atoms with Crippen molar-refractivity contribution < 1.29 is 9.53 Å². The molecule has 0 radical (unpaired) electrons. The van der Waals surface area contributed by atoms with Crippen molar-refractivity contribution in [2.45, 2.75) is 39.2 Å². The average molecular weight is 244 g/mol. The Kier molecular flexibility index (Phi) is 3.29. The molecule has 0 heterocycles. The minimum atomic E-state index is -0.403. The quantitative estimate of drug-likeness (QED) is 0.602. The second-order valence-electron chi connectivity index (χ2n) is 5.51. The molecule has 0 N–H and O–H groups in total. The third-order valence-electron chi connectivity index (χ3n) is 3.79. The van der Waals surface area contributed by atoms with E-state index in [1.165, 1.54) is 11.1 Å². The van der Waals surface area contributed by atoms with E-state index in [0.29, 0.717) is 5.57 Å². The first-order valence-electron chi connectivity index (χ1n) is 6.40. The summed E-state index contributed by atoms with van der Waals surface area (Å²) >= 11 is 0. The molecule has 1 aromatic rings. The summed E-state index contributed by atoms with van der Waals surface area (Å²) in [5.41, 5.74) is 2.65. The van der Waals surface area contributed by atoms with Crippen molar-refractivity contribution in [1.82, 2.24) is 0 Å². The topological polar surface area (TPSA) is 26.3 Å². The first-order chi connectivity index (χ1) is 8.44. The minimum absolute atomic E-state index is 0.281. The van der Waals surface area contributed by atoms with Gasteiger partial charge in [-0.05, 0) is 24.0 Å². The smallest absolute Gasteiger partial charge is 0.333 e. The third kappa shape index (κ3) is 2.20. The molecule has 0 unspecified atom stereocenters. The van der Waals surface area contributed by atoms with Crippen LogP contribution >= 0.6 is 0 Å². The zero-order chi connectivity index (χ0) is 13.3. The normalized spacial score (nSPS) is 16.4. The summed E-state index contributed by atoms with van der Waals surface area (Å²) in [6, 6.07) is 8.31. The van der Waals surface area contributed by atoms with Gasteiger partial charge in [-0.2, -0.15) is 0 Å². The van der Waals surface area contributed by atoms with E-state index >= 15 is 0 Å². The Morgan fingerprint density at radius 2 is 1.78 bits per heavy atom. The number of hydrogen-bond acceptors (Lipinski definition) is 2. The molecule has 0 amide bonds. The molecule has 0 atom stereocenters. The molecule has 2 heteroatoms. The van der Waals surface area contributed by atoms with Gasteiger partial charge in [0.05, 0.1) is 0 Å². The number of hydrogen-bond donors (Lipinski definition) is 0. The Labute approximate surface area is 109 Å². The van der Waals surface area contributed by atoms with E-state index < -0.39 is 5.60 Å². The van der Waals surface area contributed by atoms with Crippen molar-refractivity contribution in [3.8, 4) is 0 Å². The molecule has 1 aliphatic rings. The predicted molar refractivity (Wildman–Crippen MR) is 72.3 cm³/mol. The van der Waals surface area contributed by atoms with Gasteiger partial charge in [0.25, 0.3) is 0 Å². The van der Waals surface area contributed by atoms with Crippen LogP contribution in [-0.4, -0.2) is 11.6 Å². The van der Waals surface area contributed by atoms with Crippen molar-refractivity contribution in [2.24, 2.45) is 5.92 Å². The van der Waals surface area contributed by atoms with Crippen molar-refractivity contribution in [3.63, 3.8) is 0 Å². The number of rotatable bonds is 3. The molecule has 0 aromatic heterocycles. The van der Waals surface area contributed by atoms with E-state index in [4.69, 9.17) is 4.74 Å². The van der Waals surface area contributed by atoms with Gasteiger partial charge >= 0.3 is 5.97 Å². The maximum absolute atomic E-state index is 11.8. The minimum Gasteiger partial charge on any atom is -0.455 e. The van der Waals surface area contributed by atoms with Crippen LogP contribution in [0, 0.1) is 5.92 Å². The molecule has 0 saturated carbocycles. The lowest BCUT2D eigenvalue weighted by Crippen LogP contribution is -2.41. The van der Waals surface area contributed by atoms with Crippen LogP contribution in [0.4, 0.5) is 0 Å². The Hall–Kier alpha value is -1.57. The molecule has 2 nitrogen and oxygen atoms in total. The van der Waals surface area contributed by atoms with Crippen LogP contribution < -0.4 is 0 Å². The van der Waals surface area contributed by atoms with Crippen LogP contribution in [0.2, 0.25) is 0 Å². The fraction of sp³-hybridized carbons (Fsp3) is 0.438. The second-order valence-corrected chi connectivity index (χ2v) is 5.51. The SMILES string of the molecule is C=C(C)C(=O)OC1(C(C)C)Cc2ccccc2C1. The maximum Gasteiger partial charge on any atom is 0.333 e. The van der Waals surface area contributed by atoms with Gasteiger partial charge in [-0.15, -0.1) is 0 Å². The van der Waals surface area contributed by atoms with E-state index in [1.807, 2.05) is 12.1 Å². The van der Waals surface area contributed by atoms with Crippen molar-refractivity contribution in [2.75, 3.05) is 0 Å². The predicted octanol–water partition coefficient (Wildman–Crippen LogP) is 3.30. The Morgan fingerprint density at radius 3 is 2.17 bits per heavy atom. The van der Waals surface area contributed by atoms with Crippen molar-refractivity contribution in [3.05, 3.63) is 47.5 Å². The van der Waals surface area contributed by atoms with Gasteiger partial charge in [0.2, 0.25) is 0 Å². The zero-order valence-electron chi connectivity index (χ0n) is 11.3. The van der Waals surface area contributed by atoms with Gasteiger partial charge in [0.1, 0.15) is 5.60 Å². The number of ether oxygens (including phenoxy) is 1. The fourth-order valence-electron chi connectivity index (χ4n) is 2.48. The van der Waals surface area contributed by atoms with Gasteiger partial charge in [0, 0.05) is 18.4 Å². The number of benzene rings is 1. The van der Waals surface area contributed by atoms with E-state index in [9.17, 15) is 4.79 Å². The Bertz CT molecular complexity index is 461. The Morgan fingerprint density at radius 1 is 1.28 bits per heavy atom. The molecule has 0 bridgehead atoms. The van der Waals surface area contributed by atoms with Crippen LogP contribution in [0.5, 0.6) is 0 Å². The number of carbonyl (C=O) groups excluding carboxylic acids is 1. The van der Waals surface area contributed by atoms with Gasteiger partial charge in [-0.25, -0.2) is 4.79 Å². The summed E-state index contributed by atoms with van der Waals surface area (Å²) in [6.45, 7) is 9.57. The highest BCUT2D eigenvalue weighted by Gasteiger charge is 2.43. The average Bonchev–Trinajstić information content (AvgIpc) is 2.68. The highest BCUT2D eigenvalue weighted by molar-refractivity contribution is 5.87. The lowest BCUT2D eigenvalue weighted by Gasteiger charge is -2.33. The van der Waals surface area contributed by atoms with Crippen LogP contribution in [0.3, 0.4) is 0 Å². The summed E-state index contributed by atoms with van der Waals surface area (Å²) in [5, 5.41) is 0.